The molecule has 7 aromatic carbocycles. The maximum absolute atomic E-state index is 2.43. The molecular formula is C38H30. The van der Waals surface area contributed by atoms with Crippen LogP contribution in [0.3, 0.4) is 0 Å². The third-order valence-electron chi connectivity index (χ3n) is 7.85. The Morgan fingerprint density at radius 3 is 1.45 bits per heavy atom. The molecule has 182 valence electrons. The van der Waals surface area contributed by atoms with Gasteiger partial charge in [-0.2, -0.15) is 0 Å². The van der Waals surface area contributed by atoms with Crippen molar-refractivity contribution in [2.24, 2.45) is 0 Å². The molecule has 0 aliphatic carbocycles. The zero-order valence-electron chi connectivity index (χ0n) is 22.1. The zero-order valence-corrected chi connectivity index (χ0v) is 22.1. The fourth-order valence-corrected chi connectivity index (χ4v) is 6.10. The Hall–Kier alpha value is -4.42. The van der Waals surface area contributed by atoms with Gasteiger partial charge in [-0.25, -0.2) is 0 Å². The zero-order chi connectivity index (χ0) is 25.9. The van der Waals surface area contributed by atoms with Gasteiger partial charge in [-0.15, -0.1) is 0 Å². The first kappa shape index (κ1) is 22.8. The second-order valence-corrected chi connectivity index (χ2v) is 11.5. The lowest BCUT2D eigenvalue weighted by molar-refractivity contribution is 0.594. The van der Waals surface area contributed by atoms with Gasteiger partial charge in [0.1, 0.15) is 0 Å². The fraction of sp³-hybridized carbons (Fsp3) is 0.105. The summed E-state index contributed by atoms with van der Waals surface area (Å²) >= 11 is 0. The molecule has 0 radical (unpaired) electrons. The van der Waals surface area contributed by atoms with Crippen molar-refractivity contribution in [3.05, 3.63) is 133 Å². The second-order valence-electron chi connectivity index (χ2n) is 11.5. The summed E-state index contributed by atoms with van der Waals surface area (Å²) in [4.78, 5) is 0. The molecule has 0 fully saturated rings. The van der Waals surface area contributed by atoms with Crippen LogP contribution in [0.2, 0.25) is 0 Å². The molecule has 0 aliphatic heterocycles. The van der Waals surface area contributed by atoms with Crippen molar-refractivity contribution in [3.8, 4) is 22.3 Å². The van der Waals surface area contributed by atoms with Crippen LogP contribution in [0.1, 0.15) is 26.3 Å². The van der Waals surface area contributed by atoms with Gasteiger partial charge < -0.3 is 0 Å². The van der Waals surface area contributed by atoms with Gasteiger partial charge in [0.2, 0.25) is 0 Å². The van der Waals surface area contributed by atoms with Gasteiger partial charge in [0.15, 0.2) is 0 Å². The highest BCUT2D eigenvalue weighted by Crippen LogP contribution is 2.46. The van der Waals surface area contributed by atoms with Crippen molar-refractivity contribution < 1.29 is 0 Å². The summed E-state index contributed by atoms with van der Waals surface area (Å²) in [5.74, 6) is 0. The monoisotopic (exact) mass is 486 g/mol. The Kier molecular flexibility index (Phi) is 5.13. The SMILES string of the molecule is CC(C)(C)c1c(-c2ccc3ccccc3c2)cc2cc3ccccc3cc2c1-c1ccc2ccccc2c1. The molecule has 0 saturated carbocycles. The van der Waals surface area contributed by atoms with Gasteiger partial charge >= 0.3 is 0 Å². The molecule has 0 heteroatoms. The van der Waals surface area contributed by atoms with E-state index in [9.17, 15) is 0 Å². The summed E-state index contributed by atoms with van der Waals surface area (Å²) in [5.41, 5.74) is 6.53. The first-order chi connectivity index (χ1) is 18.5. The first-order valence-corrected chi connectivity index (χ1v) is 13.4. The third kappa shape index (κ3) is 3.76. The van der Waals surface area contributed by atoms with E-state index in [2.05, 4.69) is 148 Å². The van der Waals surface area contributed by atoms with Crippen molar-refractivity contribution in [2.45, 2.75) is 26.2 Å². The molecule has 0 spiro atoms. The minimum Gasteiger partial charge on any atom is -0.0616 e. The molecule has 0 saturated heterocycles. The largest absolute Gasteiger partial charge is 0.0616 e. The van der Waals surface area contributed by atoms with Crippen LogP contribution in [0.5, 0.6) is 0 Å². The summed E-state index contributed by atoms with van der Waals surface area (Å²) in [6.07, 6.45) is 0. The summed E-state index contributed by atoms with van der Waals surface area (Å²) in [6, 6.07) is 47.1. The van der Waals surface area contributed by atoms with Crippen LogP contribution >= 0.6 is 0 Å². The van der Waals surface area contributed by atoms with E-state index in [0.717, 1.165) is 0 Å². The molecule has 0 aliphatic rings. The first-order valence-electron chi connectivity index (χ1n) is 13.4. The highest BCUT2D eigenvalue weighted by atomic mass is 14.3. The Balaban J connectivity index is 1.65. The molecule has 7 aromatic rings. The lowest BCUT2D eigenvalue weighted by Gasteiger charge is -2.29. The quantitative estimate of drug-likeness (QED) is 0.213. The molecule has 0 bridgehead atoms. The van der Waals surface area contributed by atoms with Crippen molar-refractivity contribution in [3.63, 3.8) is 0 Å². The number of benzene rings is 7. The van der Waals surface area contributed by atoms with Gasteiger partial charge in [0, 0.05) is 0 Å². The summed E-state index contributed by atoms with van der Waals surface area (Å²) in [7, 11) is 0. The maximum atomic E-state index is 2.43. The van der Waals surface area contributed by atoms with E-state index < -0.39 is 0 Å². The van der Waals surface area contributed by atoms with Crippen LogP contribution in [-0.2, 0) is 5.41 Å². The minimum absolute atomic E-state index is 0.0677. The van der Waals surface area contributed by atoms with Crippen LogP contribution in [-0.4, -0.2) is 0 Å². The molecule has 0 atom stereocenters. The number of hydrogen-bond donors (Lipinski definition) is 0. The van der Waals surface area contributed by atoms with E-state index in [1.54, 1.807) is 0 Å². The van der Waals surface area contributed by atoms with E-state index in [1.165, 1.54) is 70.9 Å². The predicted molar refractivity (Wildman–Crippen MR) is 166 cm³/mol. The van der Waals surface area contributed by atoms with Gasteiger partial charge in [-0.05, 0) is 107 Å². The van der Waals surface area contributed by atoms with Gasteiger partial charge in [-0.3, -0.25) is 0 Å². The Morgan fingerprint density at radius 2 is 0.868 bits per heavy atom. The predicted octanol–water partition coefficient (Wildman–Crippen LogP) is 10.9. The van der Waals surface area contributed by atoms with E-state index in [0.29, 0.717) is 0 Å². The van der Waals surface area contributed by atoms with E-state index in [-0.39, 0.29) is 5.41 Å². The lowest BCUT2D eigenvalue weighted by Crippen LogP contribution is -2.15. The van der Waals surface area contributed by atoms with Crippen LogP contribution in [0, 0.1) is 0 Å². The van der Waals surface area contributed by atoms with Gasteiger partial charge in [0.05, 0.1) is 0 Å². The standard InChI is InChI=1S/C38H30/c1-38(2,3)37-35(31-18-16-25-10-4-6-12-27(25)20-31)24-33-22-29-14-8-9-15-30(29)23-34(33)36(37)32-19-17-26-11-5-7-13-28(26)21-32/h4-24H,1-3H3. The van der Waals surface area contributed by atoms with E-state index in [1.807, 2.05) is 0 Å². The second kappa shape index (κ2) is 8.57. The highest BCUT2D eigenvalue weighted by Gasteiger charge is 2.26. The molecule has 0 N–H and O–H groups in total. The number of hydrogen-bond acceptors (Lipinski definition) is 0. The molecule has 38 heavy (non-hydrogen) atoms. The smallest absolute Gasteiger partial charge is 0.00613 e. The van der Waals surface area contributed by atoms with Crippen LogP contribution in [0.4, 0.5) is 0 Å². The summed E-state index contributed by atoms with van der Waals surface area (Å²) < 4.78 is 0. The summed E-state index contributed by atoms with van der Waals surface area (Å²) in [5, 5.41) is 10.2. The fourth-order valence-electron chi connectivity index (χ4n) is 6.10. The minimum atomic E-state index is -0.0677. The maximum Gasteiger partial charge on any atom is -0.00613 e. The lowest BCUT2D eigenvalue weighted by atomic mass is 9.75. The molecule has 7 rings (SSSR count). The molecule has 0 nitrogen and oxygen atoms in total. The van der Waals surface area contributed by atoms with Crippen molar-refractivity contribution in [1.82, 2.24) is 0 Å². The van der Waals surface area contributed by atoms with Crippen molar-refractivity contribution in [2.75, 3.05) is 0 Å². The molecule has 0 heterocycles. The topological polar surface area (TPSA) is 0 Å². The van der Waals surface area contributed by atoms with Gasteiger partial charge in [-0.1, -0.05) is 118 Å². The Bertz CT molecular complexity index is 2000. The van der Waals surface area contributed by atoms with E-state index in [4.69, 9.17) is 0 Å². The molecular weight excluding hydrogens is 456 g/mol. The van der Waals surface area contributed by atoms with Crippen LogP contribution in [0.15, 0.2) is 127 Å². The Morgan fingerprint density at radius 1 is 0.395 bits per heavy atom. The number of rotatable bonds is 2. The number of fused-ring (bicyclic) bond motifs is 4. The Labute approximate surface area is 224 Å². The van der Waals surface area contributed by atoms with Crippen molar-refractivity contribution >= 4 is 43.1 Å². The van der Waals surface area contributed by atoms with Crippen LogP contribution < -0.4 is 0 Å². The highest BCUT2D eigenvalue weighted by molar-refractivity contribution is 6.10. The normalized spacial score (nSPS) is 12.1. The summed E-state index contributed by atoms with van der Waals surface area (Å²) in [6.45, 7) is 7.05. The average Bonchev–Trinajstić information content (AvgIpc) is 2.94. The van der Waals surface area contributed by atoms with Crippen LogP contribution in [0.25, 0.3) is 65.3 Å². The molecule has 0 unspecified atom stereocenters. The van der Waals surface area contributed by atoms with Gasteiger partial charge in [0.25, 0.3) is 0 Å². The van der Waals surface area contributed by atoms with E-state index >= 15 is 0 Å². The molecule has 0 aromatic heterocycles. The van der Waals surface area contributed by atoms with Crippen molar-refractivity contribution in [1.29, 1.82) is 0 Å². The average molecular weight is 487 g/mol. The third-order valence-corrected chi connectivity index (χ3v) is 7.85. The molecule has 0 amide bonds.